The van der Waals surface area contributed by atoms with Crippen LogP contribution >= 0.6 is 0 Å². The maximum absolute atomic E-state index is 11.9. The molecule has 0 aliphatic carbocycles. The van der Waals surface area contributed by atoms with Crippen molar-refractivity contribution < 1.29 is 18.3 Å². The molecule has 0 aromatic carbocycles. The zero-order chi connectivity index (χ0) is 8.20. The fourth-order valence-corrected chi connectivity index (χ4v) is 0.442. The predicted octanol–water partition coefficient (Wildman–Crippen LogP) is 1.26. The fraction of sp³-hybridized carbons (Fsp3) is 1.00. The molecule has 62 valence electrons. The van der Waals surface area contributed by atoms with Crippen LogP contribution in [-0.2, 0) is 0 Å². The molecule has 0 saturated heterocycles. The van der Waals surface area contributed by atoms with Crippen LogP contribution in [0.1, 0.15) is 6.92 Å². The van der Waals surface area contributed by atoms with Crippen molar-refractivity contribution in [2.45, 2.75) is 13.0 Å². The summed E-state index contributed by atoms with van der Waals surface area (Å²) in [5, 5.41) is 8.74. The first-order chi connectivity index (χ1) is 4.63. The van der Waals surface area contributed by atoms with E-state index in [1.807, 2.05) is 0 Å². The van der Waals surface area contributed by atoms with Gasteiger partial charge in [-0.15, -0.1) is 0 Å². The Morgan fingerprint density at radius 1 is 1.20 bits per heavy atom. The zero-order valence-electron chi connectivity index (χ0n) is 5.78. The third-order valence-electron chi connectivity index (χ3n) is 1.68. The van der Waals surface area contributed by atoms with Crippen LogP contribution in [0.25, 0.3) is 0 Å². The van der Waals surface area contributed by atoms with Crippen LogP contribution < -0.4 is 0 Å². The van der Waals surface area contributed by atoms with Crippen LogP contribution in [0.15, 0.2) is 0 Å². The normalized spacial score (nSPS) is 15.3. The van der Waals surface area contributed by atoms with Crippen molar-refractivity contribution >= 4 is 0 Å². The van der Waals surface area contributed by atoms with E-state index in [4.69, 9.17) is 5.11 Å². The molecule has 0 aliphatic heterocycles. The van der Waals surface area contributed by atoms with Crippen LogP contribution in [0.3, 0.4) is 0 Å². The molecule has 0 bridgehead atoms. The highest BCUT2D eigenvalue weighted by Gasteiger charge is 2.36. The van der Waals surface area contributed by atoms with Crippen LogP contribution in [0, 0.1) is 5.41 Å². The van der Waals surface area contributed by atoms with E-state index in [1.165, 1.54) is 6.92 Å². The Labute approximate surface area is 57.9 Å². The summed E-state index contributed by atoms with van der Waals surface area (Å²) in [5.74, 6) is 0. The second-order valence-corrected chi connectivity index (χ2v) is 2.44. The summed E-state index contributed by atoms with van der Waals surface area (Å²) in [6.07, 6.45) is -1.28. The smallest absolute Gasteiger partial charge is 0.103 e. The topological polar surface area (TPSA) is 20.2 Å². The lowest BCUT2D eigenvalue weighted by Crippen LogP contribution is -2.39. The minimum atomic E-state index is -1.82. The second kappa shape index (κ2) is 3.81. The molecule has 0 fully saturated rings. The minimum absolute atomic E-state index is 1.17. The minimum Gasteiger partial charge on any atom is -0.393 e. The Morgan fingerprint density at radius 2 is 1.50 bits per heavy atom. The molecule has 4 heteroatoms. The molecule has 0 radical (unpaired) electrons. The highest BCUT2D eigenvalue weighted by atomic mass is 19.1. The zero-order valence-corrected chi connectivity index (χ0v) is 5.78. The molecule has 0 spiro atoms. The maximum Gasteiger partial charge on any atom is 0.103 e. The third-order valence-corrected chi connectivity index (χ3v) is 1.68. The first-order valence-electron chi connectivity index (χ1n) is 2.99. The van der Waals surface area contributed by atoms with Gasteiger partial charge >= 0.3 is 0 Å². The van der Waals surface area contributed by atoms with Gasteiger partial charge in [0, 0.05) is 0 Å². The van der Waals surface area contributed by atoms with Gasteiger partial charge in [0.15, 0.2) is 0 Å². The predicted molar refractivity (Wildman–Crippen MR) is 32.0 cm³/mol. The number of hydrogen-bond acceptors (Lipinski definition) is 1. The largest absolute Gasteiger partial charge is 0.393 e. The van der Waals surface area contributed by atoms with Crippen LogP contribution in [0.4, 0.5) is 13.2 Å². The summed E-state index contributed by atoms with van der Waals surface area (Å²) in [6.45, 7) is -2.33. The van der Waals surface area contributed by atoms with Crippen LogP contribution in [0.2, 0.25) is 0 Å². The quantitative estimate of drug-likeness (QED) is 0.649. The van der Waals surface area contributed by atoms with Gasteiger partial charge in [0.2, 0.25) is 0 Å². The summed E-state index contributed by atoms with van der Waals surface area (Å²) in [4.78, 5) is 0. The monoisotopic (exact) mass is 156 g/mol. The van der Waals surface area contributed by atoms with Crippen molar-refractivity contribution in [2.24, 2.45) is 5.41 Å². The van der Waals surface area contributed by atoms with Gasteiger partial charge in [0.1, 0.15) is 20.0 Å². The molecule has 1 nitrogen and oxygen atoms in total. The standard InChI is InChI=1S/C6H11F3O/c1-5(10)6(2-7,3-8)4-9/h5,10H,2-4H2,1H3. The van der Waals surface area contributed by atoms with Crippen LogP contribution in [-0.4, -0.2) is 31.2 Å². The van der Waals surface area contributed by atoms with Gasteiger partial charge in [0.05, 0.1) is 11.5 Å². The van der Waals surface area contributed by atoms with Gasteiger partial charge in [-0.2, -0.15) is 0 Å². The van der Waals surface area contributed by atoms with Crippen molar-refractivity contribution in [3.63, 3.8) is 0 Å². The van der Waals surface area contributed by atoms with Gasteiger partial charge in [-0.25, -0.2) is 0 Å². The summed E-state index contributed by atoms with van der Waals surface area (Å²) in [7, 11) is 0. The van der Waals surface area contributed by atoms with E-state index in [0.29, 0.717) is 0 Å². The molecule has 0 rings (SSSR count). The molecule has 1 unspecified atom stereocenters. The number of rotatable bonds is 4. The van der Waals surface area contributed by atoms with Crippen molar-refractivity contribution in [3.8, 4) is 0 Å². The Morgan fingerprint density at radius 3 is 1.50 bits per heavy atom. The molecule has 0 aromatic heterocycles. The highest BCUT2D eigenvalue weighted by molar-refractivity contribution is 4.82. The molecule has 0 aromatic rings. The van der Waals surface area contributed by atoms with Crippen molar-refractivity contribution in [1.82, 2.24) is 0 Å². The maximum atomic E-state index is 11.9. The van der Waals surface area contributed by atoms with Gasteiger partial charge < -0.3 is 5.11 Å². The average molecular weight is 156 g/mol. The van der Waals surface area contributed by atoms with Crippen molar-refractivity contribution in [2.75, 3.05) is 20.0 Å². The van der Waals surface area contributed by atoms with E-state index in [9.17, 15) is 13.2 Å². The van der Waals surface area contributed by atoms with E-state index >= 15 is 0 Å². The average Bonchev–Trinajstić information content (AvgIpc) is 1.92. The summed E-state index contributed by atoms with van der Waals surface area (Å²) < 4.78 is 35.8. The molecule has 0 aliphatic rings. The number of halogens is 3. The molecular weight excluding hydrogens is 145 g/mol. The first kappa shape index (κ1) is 9.75. The Hall–Kier alpha value is -0.250. The van der Waals surface area contributed by atoms with E-state index in [1.54, 1.807) is 0 Å². The molecule has 0 saturated carbocycles. The Kier molecular flexibility index (Phi) is 3.71. The first-order valence-corrected chi connectivity index (χ1v) is 2.99. The van der Waals surface area contributed by atoms with Gasteiger partial charge in [-0.1, -0.05) is 0 Å². The Bertz CT molecular complexity index is 82.7. The third kappa shape index (κ3) is 1.62. The lowest BCUT2D eigenvalue weighted by Gasteiger charge is -2.26. The lowest BCUT2D eigenvalue weighted by atomic mass is 9.87. The highest BCUT2D eigenvalue weighted by Crippen LogP contribution is 2.24. The second-order valence-electron chi connectivity index (χ2n) is 2.44. The summed E-state index contributed by atoms with van der Waals surface area (Å²) >= 11 is 0. The summed E-state index contributed by atoms with van der Waals surface area (Å²) in [6, 6.07) is 0. The van der Waals surface area contributed by atoms with Gasteiger partial charge in [-0.3, -0.25) is 13.2 Å². The molecule has 10 heavy (non-hydrogen) atoms. The molecule has 1 N–H and O–H groups in total. The molecular formula is C6H11F3O. The molecule has 0 heterocycles. The van der Waals surface area contributed by atoms with E-state index in [0.717, 1.165) is 0 Å². The van der Waals surface area contributed by atoms with Crippen molar-refractivity contribution in [1.29, 1.82) is 0 Å². The van der Waals surface area contributed by atoms with Gasteiger partial charge in [-0.05, 0) is 6.92 Å². The molecule has 1 atom stereocenters. The van der Waals surface area contributed by atoms with Gasteiger partial charge in [0.25, 0.3) is 0 Å². The van der Waals surface area contributed by atoms with E-state index < -0.39 is 31.5 Å². The molecule has 0 amide bonds. The Balaban J connectivity index is 4.15. The van der Waals surface area contributed by atoms with Crippen molar-refractivity contribution in [3.05, 3.63) is 0 Å². The fourth-order valence-electron chi connectivity index (χ4n) is 0.442. The summed E-state index contributed by atoms with van der Waals surface area (Å²) in [5.41, 5.74) is -1.82. The number of aliphatic hydroxyl groups excluding tert-OH is 1. The number of hydrogen-bond donors (Lipinski definition) is 1. The van der Waals surface area contributed by atoms with E-state index in [2.05, 4.69) is 0 Å². The SMILES string of the molecule is CC(O)C(CF)(CF)CF. The lowest BCUT2D eigenvalue weighted by molar-refractivity contribution is -0.0169. The number of aliphatic hydroxyl groups is 1. The van der Waals surface area contributed by atoms with Crippen LogP contribution in [0.5, 0.6) is 0 Å². The number of alkyl halides is 3. The van der Waals surface area contributed by atoms with E-state index in [-0.39, 0.29) is 0 Å².